The van der Waals surface area contributed by atoms with Crippen LogP contribution in [0.4, 0.5) is 10.2 Å². The van der Waals surface area contributed by atoms with E-state index < -0.39 is 30.2 Å². The van der Waals surface area contributed by atoms with E-state index in [1.807, 2.05) is 6.07 Å². The first-order valence-corrected chi connectivity index (χ1v) is 8.47. The summed E-state index contributed by atoms with van der Waals surface area (Å²) in [4.78, 5) is 12.7. The van der Waals surface area contributed by atoms with E-state index >= 15 is 4.39 Å². The van der Waals surface area contributed by atoms with E-state index in [0.717, 1.165) is 5.76 Å². The number of hydrogen-bond donors (Lipinski definition) is 3. The summed E-state index contributed by atoms with van der Waals surface area (Å²) < 4.78 is 27.7. The second-order valence-corrected chi connectivity index (χ2v) is 6.86. The zero-order valence-electron chi connectivity index (χ0n) is 14.8. The van der Waals surface area contributed by atoms with Gasteiger partial charge in [0.15, 0.2) is 28.9 Å². The van der Waals surface area contributed by atoms with Crippen molar-refractivity contribution in [2.45, 2.75) is 44.0 Å². The Morgan fingerprint density at radius 3 is 2.81 bits per heavy atom. The summed E-state index contributed by atoms with van der Waals surface area (Å²) in [5.74, 6) is 1.18. The molecule has 9 nitrogen and oxygen atoms in total. The molecule has 0 amide bonds. The molecule has 27 heavy (non-hydrogen) atoms. The highest BCUT2D eigenvalue weighted by Crippen LogP contribution is 2.48. The number of aliphatic hydroxyl groups excluding tert-OH is 1. The molecule has 1 saturated heterocycles. The van der Waals surface area contributed by atoms with Gasteiger partial charge in [-0.05, 0) is 26.0 Å². The highest BCUT2D eigenvalue weighted by Gasteiger charge is 2.63. The number of hydrogen-bond acceptors (Lipinski definition) is 8. The zero-order chi connectivity index (χ0) is 19.2. The first-order valence-electron chi connectivity index (χ1n) is 8.47. The van der Waals surface area contributed by atoms with Crippen LogP contribution in [0.1, 0.15) is 25.8 Å². The lowest BCUT2D eigenvalue weighted by Crippen LogP contribution is -2.51. The van der Waals surface area contributed by atoms with Gasteiger partial charge in [0.1, 0.15) is 23.8 Å². The molecule has 144 valence electrons. The minimum absolute atomic E-state index is 0.343. The van der Waals surface area contributed by atoms with Crippen LogP contribution in [0.25, 0.3) is 11.2 Å². The second-order valence-electron chi connectivity index (χ2n) is 6.86. The molecule has 0 radical (unpaired) electrons. The standard InChI is InChI=1S/C17H20FN5O4/c1-16(18)15(27-11(7-24)17(16,2)25)23-9-22-12-13(20-8-21-14(12)23)19-6-10-4-3-5-26-10/h3-5,8-9,11,15,24-25H,6-7H2,1-2H3,(H,19,20,21)/t11-,15+,16+,17-/m1/s1. The summed E-state index contributed by atoms with van der Waals surface area (Å²) in [7, 11) is 0. The number of alkyl halides is 1. The van der Waals surface area contributed by atoms with Gasteiger partial charge >= 0.3 is 0 Å². The van der Waals surface area contributed by atoms with Crippen molar-refractivity contribution < 1.29 is 23.8 Å². The van der Waals surface area contributed by atoms with E-state index in [2.05, 4.69) is 20.3 Å². The number of fused-ring (bicyclic) bond motifs is 1. The van der Waals surface area contributed by atoms with Crippen LogP contribution in [0.2, 0.25) is 0 Å². The van der Waals surface area contributed by atoms with E-state index in [1.54, 1.807) is 12.3 Å². The van der Waals surface area contributed by atoms with Crippen LogP contribution in [0.15, 0.2) is 35.5 Å². The Hall–Kier alpha value is -2.56. The molecule has 0 spiro atoms. The summed E-state index contributed by atoms with van der Waals surface area (Å²) in [5, 5.41) is 23.1. The van der Waals surface area contributed by atoms with Crippen molar-refractivity contribution in [2.24, 2.45) is 0 Å². The molecule has 3 aromatic rings. The SMILES string of the molecule is C[C@]1(F)[C@@H](n2cnc3c(NCc4ccco4)ncnc32)O[C@H](CO)[C@@]1(C)O. The fourth-order valence-electron chi connectivity index (χ4n) is 3.27. The number of nitrogens with one attached hydrogen (secondary N) is 1. The normalized spacial score (nSPS) is 30.9. The van der Waals surface area contributed by atoms with Crippen LogP contribution in [-0.2, 0) is 11.3 Å². The summed E-state index contributed by atoms with van der Waals surface area (Å²) in [6, 6.07) is 3.60. The highest BCUT2D eigenvalue weighted by atomic mass is 19.1. The Morgan fingerprint density at radius 1 is 1.33 bits per heavy atom. The molecule has 0 bridgehead atoms. The lowest BCUT2D eigenvalue weighted by Gasteiger charge is -2.32. The molecule has 3 aromatic heterocycles. The molecule has 0 saturated carbocycles. The van der Waals surface area contributed by atoms with Gasteiger partial charge in [-0.2, -0.15) is 0 Å². The van der Waals surface area contributed by atoms with Gasteiger partial charge in [-0.3, -0.25) is 4.57 Å². The molecule has 4 atom stereocenters. The van der Waals surface area contributed by atoms with Gasteiger partial charge in [0.2, 0.25) is 0 Å². The van der Waals surface area contributed by atoms with Crippen molar-refractivity contribution in [1.82, 2.24) is 19.5 Å². The quantitative estimate of drug-likeness (QED) is 0.611. The predicted molar refractivity (Wildman–Crippen MR) is 92.5 cm³/mol. The predicted octanol–water partition coefficient (Wildman–Crippen LogP) is 1.40. The van der Waals surface area contributed by atoms with Gasteiger partial charge in [0.05, 0.1) is 25.7 Å². The number of halogens is 1. The molecule has 1 aliphatic rings. The van der Waals surface area contributed by atoms with Gasteiger partial charge in [-0.1, -0.05) is 0 Å². The van der Waals surface area contributed by atoms with Crippen molar-refractivity contribution in [3.63, 3.8) is 0 Å². The van der Waals surface area contributed by atoms with Gasteiger partial charge in [-0.25, -0.2) is 19.3 Å². The topological polar surface area (TPSA) is 118 Å². The number of anilines is 1. The van der Waals surface area contributed by atoms with E-state index in [0.29, 0.717) is 23.5 Å². The van der Waals surface area contributed by atoms with E-state index in [-0.39, 0.29) is 0 Å². The Balaban J connectivity index is 1.69. The Bertz CT molecular complexity index is 940. The third kappa shape index (κ3) is 2.68. The average molecular weight is 377 g/mol. The van der Waals surface area contributed by atoms with Crippen LogP contribution in [-0.4, -0.2) is 53.7 Å². The molecule has 0 aromatic carbocycles. The molecule has 4 rings (SSSR count). The van der Waals surface area contributed by atoms with Crippen LogP contribution >= 0.6 is 0 Å². The molecular weight excluding hydrogens is 357 g/mol. The van der Waals surface area contributed by atoms with Gasteiger partial charge < -0.3 is 24.7 Å². The van der Waals surface area contributed by atoms with E-state index in [4.69, 9.17) is 9.15 Å². The van der Waals surface area contributed by atoms with Crippen molar-refractivity contribution in [2.75, 3.05) is 11.9 Å². The van der Waals surface area contributed by atoms with Crippen LogP contribution in [0, 0.1) is 0 Å². The first-order chi connectivity index (χ1) is 12.9. The molecule has 1 aliphatic heterocycles. The zero-order valence-corrected chi connectivity index (χ0v) is 14.8. The van der Waals surface area contributed by atoms with Gasteiger partial charge in [-0.15, -0.1) is 0 Å². The number of furan rings is 1. The molecule has 4 heterocycles. The smallest absolute Gasteiger partial charge is 0.183 e. The molecule has 10 heteroatoms. The third-order valence-corrected chi connectivity index (χ3v) is 5.16. The molecule has 3 N–H and O–H groups in total. The number of imidazole rings is 1. The molecule has 0 aliphatic carbocycles. The Labute approximate surface area is 153 Å². The van der Waals surface area contributed by atoms with Crippen molar-refractivity contribution in [3.8, 4) is 0 Å². The van der Waals surface area contributed by atoms with Gasteiger partial charge in [0.25, 0.3) is 0 Å². The second kappa shape index (κ2) is 6.25. The summed E-state index contributed by atoms with van der Waals surface area (Å²) in [6.07, 6.45) is 2.01. The van der Waals surface area contributed by atoms with E-state index in [1.165, 1.54) is 31.1 Å². The molecule has 1 fully saturated rings. The first kappa shape index (κ1) is 17.8. The van der Waals surface area contributed by atoms with Crippen molar-refractivity contribution in [3.05, 3.63) is 36.8 Å². The number of aromatic nitrogens is 4. The van der Waals surface area contributed by atoms with Gasteiger partial charge in [0, 0.05) is 0 Å². The largest absolute Gasteiger partial charge is 0.467 e. The minimum atomic E-state index is -2.18. The van der Waals surface area contributed by atoms with Crippen LogP contribution < -0.4 is 5.32 Å². The fourth-order valence-corrected chi connectivity index (χ4v) is 3.27. The average Bonchev–Trinajstić information content (AvgIpc) is 3.33. The van der Waals surface area contributed by atoms with E-state index in [9.17, 15) is 10.2 Å². The monoisotopic (exact) mass is 377 g/mol. The number of rotatable bonds is 5. The fraction of sp³-hybridized carbons (Fsp3) is 0.471. The lowest BCUT2D eigenvalue weighted by atomic mass is 9.85. The number of aliphatic hydroxyl groups is 2. The van der Waals surface area contributed by atoms with Crippen molar-refractivity contribution >= 4 is 17.0 Å². The molecule has 0 unspecified atom stereocenters. The lowest BCUT2D eigenvalue weighted by molar-refractivity contribution is -0.0891. The maximum absolute atomic E-state index is 15.4. The summed E-state index contributed by atoms with van der Waals surface area (Å²) in [5.41, 5.74) is -3.29. The number of nitrogens with zero attached hydrogens (tertiary/aromatic N) is 4. The third-order valence-electron chi connectivity index (χ3n) is 5.16. The van der Waals surface area contributed by atoms with Crippen LogP contribution in [0.5, 0.6) is 0 Å². The summed E-state index contributed by atoms with van der Waals surface area (Å²) >= 11 is 0. The maximum Gasteiger partial charge on any atom is 0.183 e. The highest BCUT2D eigenvalue weighted by molar-refractivity contribution is 5.82. The minimum Gasteiger partial charge on any atom is -0.467 e. The Kier molecular flexibility index (Phi) is 4.13. The van der Waals surface area contributed by atoms with Crippen LogP contribution in [0.3, 0.4) is 0 Å². The van der Waals surface area contributed by atoms with Crippen molar-refractivity contribution in [1.29, 1.82) is 0 Å². The molecular formula is C17H20FN5O4. The maximum atomic E-state index is 15.4. The number of ether oxygens (including phenoxy) is 1. The Morgan fingerprint density at radius 2 is 2.15 bits per heavy atom. The summed E-state index contributed by atoms with van der Waals surface area (Å²) in [6.45, 7) is 2.42.